The molecule has 0 saturated carbocycles. The van der Waals surface area contributed by atoms with Crippen molar-refractivity contribution in [3.05, 3.63) is 58.3 Å². The van der Waals surface area contributed by atoms with E-state index in [0.29, 0.717) is 11.5 Å². The van der Waals surface area contributed by atoms with Gasteiger partial charge < -0.3 is 14.4 Å². The SMILES string of the molecule is Cc1ccc(-c2noc3ncn(CC(=O)Nc4cc(C)on4)c(=O)c23)cc1. The van der Waals surface area contributed by atoms with E-state index in [0.717, 1.165) is 11.1 Å². The molecule has 0 aliphatic heterocycles. The van der Waals surface area contributed by atoms with Crippen molar-refractivity contribution in [3.63, 3.8) is 0 Å². The molecule has 9 nitrogen and oxygen atoms in total. The van der Waals surface area contributed by atoms with E-state index in [1.165, 1.54) is 10.9 Å². The molecule has 0 atom stereocenters. The number of carbonyl (C=O) groups is 1. The normalized spacial score (nSPS) is 11.0. The van der Waals surface area contributed by atoms with Gasteiger partial charge in [-0.15, -0.1) is 0 Å². The molecule has 3 aromatic heterocycles. The predicted molar refractivity (Wildman–Crippen MR) is 96.1 cm³/mol. The number of rotatable bonds is 4. The first-order chi connectivity index (χ1) is 13.0. The lowest BCUT2D eigenvalue weighted by Gasteiger charge is -2.05. The molecule has 0 fully saturated rings. The molecule has 1 N–H and O–H groups in total. The van der Waals surface area contributed by atoms with Gasteiger partial charge in [-0.3, -0.25) is 14.2 Å². The molecule has 0 aliphatic rings. The summed E-state index contributed by atoms with van der Waals surface area (Å²) in [6.07, 6.45) is 1.25. The van der Waals surface area contributed by atoms with Crippen LogP contribution in [-0.2, 0) is 11.3 Å². The summed E-state index contributed by atoms with van der Waals surface area (Å²) in [6.45, 7) is 3.45. The number of amides is 1. The Balaban J connectivity index is 1.67. The number of benzene rings is 1. The number of carbonyl (C=O) groups excluding carboxylic acids is 1. The zero-order valence-corrected chi connectivity index (χ0v) is 14.6. The summed E-state index contributed by atoms with van der Waals surface area (Å²) >= 11 is 0. The van der Waals surface area contributed by atoms with E-state index in [2.05, 4.69) is 20.6 Å². The Bertz CT molecular complexity index is 1190. The van der Waals surface area contributed by atoms with Crippen LogP contribution in [0.1, 0.15) is 11.3 Å². The van der Waals surface area contributed by atoms with Crippen molar-refractivity contribution in [1.82, 2.24) is 19.9 Å². The standard InChI is InChI=1S/C18H15N5O4/c1-10-3-5-12(6-4-10)16-15-17(27-22-16)19-9-23(18(15)25)8-14(24)20-13-7-11(2)26-21-13/h3-7,9H,8H2,1-2H3,(H,20,21,24). The van der Waals surface area contributed by atoms with Gasteiger partial charge in [-0.25, -0.2) is 4.98 Å². The van der Waals surface area contributed by atoms with Crippen LogP contribution < -0.4 is 10.9 Å². The van der Waals surface area contributed by atoms with E-state index >= 15 is 0 Å². The number of fused-ring (bicyclic) bond motifs is 1. The van der Waals surface area contributed by atoms with Gasteiger partial charge >= 0.3 is 0 Å². The minimum absolute atomic E-state index is 0.124. The van der Waals surface area contributed by atoms with Gasteiger partial charge in [0.1, 0.15) is 29.7 Å². The number of hydrogen-bond donors (Lipinski definition) is 1. The number of nitrogens with zero attached hydrogens (tertiary/aromatic N) is 4. The van der Waals surface area contributed by atoms with E-state index in [-0.39, 0.29) is 23.5 Å². The summed E-state index contributed by atoms with van der Waals surface area (Å²) < 4.78 is 11.3. The van der Waals surface area contributed by atoms with Crippen molar-refractivity contribution in [1.29, 1.82) is 0 Å². The highest BCUT2D eigenvalue weighted by molar-refractivity contribution is 5.91. The molecule has 27 heavy (non-hydrogen) atoms. The summed E-state index contributed by atoms with van der Waals surface area (Å²) in [7, 11) is 0. The third-order valence-electron chi connectivity index (χ3n) is 4.00. The summed E-state index contributed by atoms with van der Waals surface area (Å²) in [5, 5.41) is 10.5. The Morgan fingerprint density at radius 2 is 1.93 bits per heavy atom. The quantitative estimate of drug-likeness (QED) is 0.590. The lowest BCUT2D eigenvalue weighted by molar-refractivity contribution is -0.116. The predicted octanol–water partition coefficient (Wildman–Crippen LogP) is 2.30. The molecule has 0 saturated heterocycles. The Morgan fingerprint density at radius 1 is 1.15 bits per heavy atom. The van der Waals surface area contributed by atoms with Crippen molar-refractivity contribution in [2.24, 2.45) is 0 Å². The lowest BCUT2D eigenvalue weighted by atomic mass is 10.1. The van der Waals surface area contributed by atoms with Gasteiger partial charge in [0, 0.05) is 11.6 Å². The van der Waals surface area contributed by atoms with Crippen LogP contribution in [0, 0.1) is 13.8 Å². The molecule has 0 unspecified atom stereocenters. The number of aryl methyl sites for hydroxylation is 2. The van der Waals surface area contributed by atoms with Gasteiger partial charge in [0.25, 0.3) is 11.3 Å². The van der Waals surface area contributed by atoms with Crippen LogP contribution >= 0.6 is 0 Å². The number of anilines is 1. The van der Waals surface area contributed by atoms with Crippen LogP contribution in [0.15, 0.2) is 50.5 Å². The third-order valence-corrected chi connectivity index (χ3v) is 4.00. The second kappa shape index (κ2) is 6.52. The molecule has 9 heteroatoms. The second-order valence-electron chi connectivity index (χ2n) is 6.13. The number of nitrogens with one attached hydrogen (secondary N) is 1. The minimum atomic E-state index is -0.431. The monoisotopic (exact) mass is 365 g/mol. The van der Waals surface area contributed by atoms with Gasteiger partial charge in [0.2, 0.25) is 5.91 Å². The second-order valence-corrected chi connectivity index (χ2v) is 6.13. The van der Waals surface area contributed by atoms with Gasteiger partial charge in [-0.2, -0.15) is 0 Å². The van der Waals surface area contributed by atoms with E-state index in [1.54, 1.807) is 13.0 Å². The first-order valence-corrected chi connectivity index (χ1v) is 8.16. The van der Waals surface area contributed by atoms with Crippen molar-refractivity contribution in [2.45, 2.75) is 20.4 Å². The molecule has 1 amide bonds. The average Bonchev–Trinajstić information content (AvgIpc) is 3.25. The molecule has 0 spiro atoms. The van der Waals surface area contributed by atoms with E-state index in [1.807, 2.05) is 31.2 Å². The van der Waals surface area contributed by atoms with Crippen LogP contribution in [0.5, 0.6) is 0 Å². The summed E-state index contributed by atoms with van der Waals surface area (Å²) in [5.41, 5.74) is 1.92. The summed E-state index contributed by atoms with van der Waals surface area (Å²) in [6, 6.07) is 9.11. The lowest BCUT2D eigenvalue weighted by Crippen LogP contribution is -2.28. The third kappa shape index (κ3) is 3.22. The maximum Gasteiger partial charge on any atom is 0.267 e. The van der Waals surface area contributed by atoms with Gasteiger partial charge in [-0.05, 0) is 13.8 Å². The molecule has 0 aliphatic carbocycles. The highest BCUT2D eigenvalue weighted by atomic mass is 16.5. The smallest absolute Gasteiger partial charge is 0.267 e. The van der Waals surface area contributed by atoms with Crippen LogP contribution in [0.25, 0.3) is 22.4 Å². The minimum Gasteiger partial charge on any atom is -0.360 e. The van der Waals surface area contributed by atoms with E-state index in [9.17, 15) is 9.59 Å². The maximum atomic E-state index is 12.9. The molecule has 4 aromatic rings. The Morgan fingerprint density at radius 3 is 2.63 bits per heavy atom. The van der Waals surface area contributed by atoms with Crippen molar-refractivity contribution < 1.29 is 13.8 Å². The van der Waals surface area contributed by atoms with Gasteiger partial charge in [-0.1, -0.05) is 40.1 Å². The fourth-order valence-corrected chi connectivity index (χ4v) is 2.66. The Kier molecular flexibility index (Phi) is 4.03. The van der Waals surface area contributed by atoms with Crippen LogP contribution in [0.3, 0.4) is 0 Å². The van der Waals surface area contributed by atoms with E-state index < -0.39 is 11.5 Å². The number of hydrogen-bond acceptors (Lipinski definition) is 7. The molecule has 4 rings (SSSR count). The first-order valence-electron chi connectivity index (χ1n) is 8.16. The molecule has 1 aromatic carbocycles. The molecule has 3 heterocycles. The molecule has 0 bridgehead atoms. The first kappa shape index (κ1) is 16.7. The van der Waals surface area contributed by atoms with Crippen LogP contribution in [0.4, 0.5) is 5.82 Å². The molecule has 0 radical (unpaired) electrons. The van der Waals surface area contributed by atoms with Crippen LogP contribution in [-0.4, -0.2) is 25.8 Å². The van der Waals surface area contributed by atoms with Gasteiger partial charge in [0.15, 0.2) is 5.82 Å². The van der Waals surface area contributed by atoms with Gasteiger partial charge in [0.05, 0.1) is 0 Å². The van der Waals surface area contributed by atoms with Crippen molar-refractivity contribution in [3.8, 4) is 11.3 Å². The highest BCUT2D eigenvalue weighted by Crippen LogP contribution is 2.24. The average molecular weight is 365 g/mol. The van der Waals surface area contributed by atoms with Crippen molar-refractivity contribution >= 4 is 22.8 Å². The summed E-state index contributed by atoms with van der Waals surface area (Å²) in [5.74, 6) is 0.419. The zero-order chi connectivity index (χ0) is 19.0. The van der Waals surface area contributed by atoms with Crippen LogP contribution in [0.2, 0.25) is 0 Å². The molecular weight excluding hydrogens is 350 g/mol. The van der Waals surface area contributed by atoms with Crippen molar-refractivity contribution in [2.75, 3.05) is 5.32 Å². The zero-order valence-electron chi connectivity index (χ0n) is 14.6. The maximum absolute atomic E-state index is 12.9. The Labute approximate surface area is 152 Å². The fourth-order valence-electron chi connectivity index (χ4n) is 2.66. The highest BCUT2D eigenvalue weighted by Gasteiger charge is 2.18. The number of aromatic nitrogens is 4. The Hall–Kier alpha value is -3.75. The molecular formula is C18H15N5O4. The fraction of sp³-hybridized carbons (Fsp3) is 0.167. The molecule has 136 valence electrons. The largest absolute Gasteiger partial charge is 0.360 e. The topological polar surface area (TPSA) is 116 Å². The van der Waals surface area contributed by atoms with E-state index in [4.69, 9.17) is 9.05 Å². The summed E-state index contributed by atoms with van der Waals surface area (Å²) in [4.78, 5) is 29.1.